The number of ether oxygens (including phenoxy) is 2. The van der Waals surface area contributed by atoms with Crippen LogP contribution >= 0.6 is 0 Å². The minimum atomic E-state index is -0.926. The molecule has 1 rings (SSSR count). The SMILES string of the molecule is CCC(=O)O[C@@H]1COC(C(=O)CC)[C@H](C(=O)CC)[C@@H]1C(=O)CC. The molecule has 23 heavy (non-hydrogen) atoms. The van der Waals surface area contributed by atoms with Gasteiger partial charge in [0.05, 0.1) is 18.4 Å². The van der Waals surface area contributed by atoms with Crippen molar-refractivity contribution in [3.05, 3.63) is 0 Å². The standard InChI is InChI=1S/C17H26O6/c1-5-10(18)15-13(23-14(21)8-4)9-22-17(12(20)7-3)16(15)11(19)6-2/h13,15-17H,5-9H2,1-4H3/t13-,15-,16-,17?/m1/s1. The Labute approximate surface area is 136 Å². The molecule has 1 saturated heterocycles. The zero-order valence-electron chi connectivity index (χ0n) is 14.3. The van der Waals surface area contributed by atoms with Gasteiger partial charge in [0.15, 0.2) is 5.78 Å². The molecule has 0 N–H and O–H groups in total. The van der Waals surface area contributed by atoms with Gasteiger partial charge in [0, 0.05) is 25.7 Å². The van der Waals surface area contributed by atoms with Crippen LogP contribution in [0, 0.1) is 11.8 Å². The van der Waals surface area contributed by atoms with Crippen molar-refractivity contribution in [2.75, 3.05) is 6.61 Å². The third-order valence-electron chi connectivity index (χ3n) is 4.23. The molecule has 0 aromatic rings. The number of hydrogen-bond donors (Lipinski definition) is 0. The van der Waals surface area contributed by atoms with Crippen molar-refractivity contribution in [2.45, 2.75) is 65.6 Å². The Kier molecular flexibility index (Phi) is 7.55. The van der Waals surface area contributed by atoms with Gasteiger partial charge in [-0.15, -0.1) is 0 Å². The molecule has 1 fully saturated rings. The second-order valence-electron chi connectivity index (χ2n) is 5.65. The van der Waals surface area contributed by atoms with E-state index in [1.54, 1.807) is 27.7 Å². The molecule has 0 aliphatic carbocycles. The van der Waals surface area contributed by atoms with Crippen molar-refractivity contribution in [1.29, 1.82) is 0 Å². The first-order valence-electron chi connectivity index (χ1n) is 8.30. The Morgan fingerprint density at radius 3 is 1.83 bits per heavy atom. The molecule has 1 aliphatic heterocycles. The molecule has 0 saturated carbocycles. The summed E-state index contributed by atoms with van der Waals surface area (Å²) in [6.45, 7) is 6.69. The number of ketones is 3. The first-order valence-corrected chi connectivity index (χ1v) is 8.30. The van der Waals surface area contributed by atoms with Gasteiger partial charge in [0.1, 0.15) is 23.8 Å². The van der Waals surface area contributed by atoms with Crippen molar-refractivity contribution in [3.63, 3.8) is 0 Å². The average molecular weight is 326 g/mol. The summed E-state index contributed by atoms with van der Waals surface area (Å²) in [4.78, 5) is 48.6. The molecule has 0 aromatic heterocycles. The molecule has 1 aliphatic rings. The second-order valence-corrected chi connectivity index (χ2v) is 5.65. The number of Topliss-reactive ketones (excluding diaryl/α,β-unsaturated/α-hetero) is 3. The zero-order valence-corrected chi connectivity index (χ0v) is 14.3. The lowest BCUT2D eigenvalue weighted by Crippen LogP contribution is -2.55. The molecule has 4 atom stereocenters. The van der Waals surface area contributed by atoms with Crippen LogP contribution in [-0.4, -0.2) is 42.1 Å². The first-order chi connectivity index (χ1) is 10.9. The molecule has 0 radical (unpaired) electrons. The quantitative estimate of drug-likeness (QED) is 0.633. The summed E-state index contributed by atoms with van der Waals surface area (Å²) < 4.78 is 10.9. The van der Waals surface area contributed by atoms with E-state index in [2.05, 4.69) is 0 Å². The highest BCUT2D eigenvalue weighted by molar-refractivity contribution is 5.96. The highest BCUT2D eigenvalue weighted by Crippen LogP contribution is 2.33. The van der Waals surface area contributed by atoms with Gasteiger partial charge in [-0.3, -0.25) is 19.2 Å². The number of carbonyl (C=O) groups excluding carboxylic acids is 4. The van der Waals surface area contributed by atoms with Crippen molar-refractivity contribution in [2.24, 2.45) is 11.8 Å². The van der Waals surface area contributed by atoms with E-state index in [0.717, 1.165) is 0 Å². The molecule has 1 unspecified atom stereocenters. The van der Waals surface area contributed by atoms with Gasteiger partial charge in [0.2, 0.25) is 0 Å². The third kappa shape index (κ3) is 4.47. The monoisotopic (exact) mass is 326 g/mol. The van der Waals surface area contributed by atoms with Gasteiger partial charge in [-0.25, -0.2) is 0 Å². The van der Waals surface area contributed by atoms with E-state index in [4.69, 9.17) is 9.47 Å². The van der Waals surface area contributed by atoms with Gasteiger partial charge < -0.3 is 9.47 Å². The largest absolute Gasteiger partial charge is 0.459 e. The minimum absolute atomic E-state index is 0.0357. The van der Waals surface area contributed by atoms with E-state index >= 15 is 0 Å². The smallest absolute Gasteiger partial charge is 0.305 e. The topological polar surface area (TPSA) is 86.7 Å². The van der Waals surface area contributed by atoms with Crippen LogP contribution in [0.4, 0.5) is 0 Å². The Morgan fingerprint density at radius 1 is 0.826 bits per heavy atom. The summed E-state index contributed by atoms with van der Waals surface area (Å²) in [5.74, 6) is -2.72. The van der Waals surface area contributed by atoms with Crippen molar-refractivity contribution in [3.8, 4) is 0 Å². The summed E-state index contributed by atoms with van der Waals surface area (Å²) in [7, 11) is 0. The van der Waals surface area contributed by atoms with Crippen LogP contribution < -0.4 is 0 Å². The molecule has 6 nitrogen and oxygen atoms in total. The van der Waals surface area contributed by atoms with E-state index in [-0.39, 0.29) is 49.6 Å². The van der Waals surface area contributed by atoms with E-state index in [9.17, 15) is 19.2 Å². The Bertz CT molecular complexity index is 470. The van der Waals surface area contributed by atoms with Crippen LogP contribution in [0.15, 0.2) is 0 Å². The Balaban J connectivity index is 3.20. The normalized spacial score (nSPS) is 27.3. The van der Waals surface area contributed by atoms with Crippen LogP contribution in [0.3, 0.4) is 0 Å². The van der Waals surface area contributed by atoms with Crippen LogP contribution in [0.25, 0.3) is 0 Å². The second kappa shape index (κ2) is 8.91. The first kappa shape index (κ1) is 19.5. The van der Waals surface area contributed by atoms with E-state index in [1.807, 2.05) is 0 Å². The van der Waals surface area contributed by atoms with Crippen LogP contribution in [0.5, 0.6) is 0 Å². The summed E-state index contributed by atoms with van der Waals surface area (Å²) in [5.41, 5.74) is 0. The molecule has 0 bridgehead atoms. The van der Waals surface area contributed by atoms with Crippen LogP contribution in [0.2, 0.25) is 0 Å². The molecular weight excluding hydrogens is 300 g/mol. The van der Waals surface area contributed by atoms with Crippen molar-refractivity contribution < 1.29 is 28.7 Å². The fourth-order valence-corrected chi connectivity index (χ4v) is 2.93. The number of hydrogen-bond acceptors (Lipinski definition) is 6. The summed E-state index contributed by atoms with van der Waals surface area (Å²) in [6, 6.07) is 0. The maximum absolute atomic E-state index is 12.4. The van der Waals surface area contributed by atoms with Gasteiger partial charge in [-0.1, -0.05) is 27.7 Å². The van der Waals surface area contributed by atoms with Crippen molar-refractivity contribution >= 4 is 23.3 Å². The zero-order chi connectivity index (χ0) is 17.6. The van der Waals surface area contributed by atoms with Gasteiger partial charge in [-0.05, 0) is 0 Å². The van der Waals surface area contributed by atoms with Gasteiger partial charge in [0.25, 0.3) is 0 Å². The van der Waals surface area contributed by atoms with Crippen LogP contribution in [-0.2, 0) is 28.7 Å². The lowest BCUT2D eigenvalue weighted by molar-refractivity contribution is -0.183. The highest BCUT2D eigenvalue weighted by Gasteiger charge is 2.50. The lowest BCUT2D eigenvalue weighted by Gasteiger charge is -2.40. The molecular formula is C17H26O6. The molecule has 6 heteroatoms. The summed E-state index contributed by atoms with van der Waals surface area (Å²) in [5, 5.41) is 0. The predicted octanol–water partition coefficient (Wildman–Crippen LogP) is 1.88. The number of esters is 1. The van der Waals surface area contributed by atoms with Gasteiger partial charge in [-0.2, -0.15) is 0 Å². The summed E-state index contributed by atoms with van der Waals surface area (Å²) >= 11 is 0. The fraction of sp³-hybridized carbons (Fsp3) is 0.765. The molecule has 0 amide bonds. The van der Waals surface area contributed by atoms with E-state index in [1.165, 1.54) is 0 Å². The number of rotatable bonds is 8. The fourth-order valence-electron chi connectivity index (χ4n) is 2.93. The molecule has 130 valence electrons. The average Bonchev–Trinajstić information content (AvgIpc) is 2.58. The number of carbonyl (C=O) groups is 4. The van der Waals surface area contributed by atoms with Crippen molar-refractivity contribution in [1.82, 2.24) is 0 Å². The maximum atomic E-state index is 12.4. The molecule has 0 spiro atoms. The van der Waals surface area contributed by atoms with E-state index < -0.39 is 30.0 Å². The van der Waals surface area contributed by atoms with Crippen LogP contribution in [0.1, 0.15) is 53.4 Å². The molecule has 0 aromatic carbocycles. The lowest BCUT2D eigenvalue weighted by atomic mass is 9.73. The minimum Gasteiger partial charge on any atom is -0.459 e. The highest BCUT2D eigenvalue weighted by atomic mass is 16.6. The van der Waals surface area contributed by atoms with E-state index in [0.29, 0.717) is 0 Å². The summed E-state index contributed by atoms with van der Waals surface area (Å²) in [6.07, 6.45) is -0.923. The van der Waals surface area contributed by atoms with Gasteiger partial charge >= 0.3 is 5.97 Å². The maximum Gasteiger partial charge on any atom is 0.305 e. The Morgan fingerprint density at radius 2 is 1.35 bits per heavy atom. The molecule has 1 heterocycles. The Hall–Kier alpha value is -1.56. The third-order valence-corrected chi connectivity index (χ3v) is 4.23. The predicted molar refractivity (Wildman–Crippen MR) is 82.8 cm³/mol.